The molecule has 0 aliphatic heterocycles. The number of aliphatic hydroxyl groups is 1. The van der Waals surface area contributed by atoms with E-state index in [9.17, 15) is 5.11 Å². The molecule has 1 nitrogen and oxygen atoms in total. The van der Waals surface area contributed by atoms with Gasteiger partial charge in [0.2, 0.25) is 0 Å². The van der Waals surface area contributed by atoms with Crippen molar-refractivity contribution in [3.05, 3.63) is 35.4 Å². The molecule has 0 amide bonds. The number of fused-ring (bicyclic) bond motifs is 1. The lowest BCUT2D eigenvalue weighted by Crippen LogP contribution is -2.35. The average Bonchev–Trinajstić information content (AvgIpc) is 2.18. The molecular weight excluding hydrogens is 172 g/mol. The maximum absolute atomic E-state index is 10.6. The fraction of sp³-hybridized carbons (Fsp3) is 0.538. The molecule has 0 bridgehead atoms. The third-order valence-corrected chi connectivity index (χ3v) is 3.44. The van der Waals surface area contributed by atoms with Crippen LogP contribution in [0.3, 0.4) is 0 Å². The predicted molar refractivity (Wildman–Crippen MR) is 58.1 cm³/mol. The third-order valence-electron chi connectivity index (χ3n) is 3.44. The Morgan fingerprint density at radius 3 is 2.71 bits per heavy atom. The standard InChI is InChI=1S/C13H18O/c1-10(2)13(14)9-5-7-11-6-3-4-8-12(11)13/h3-4,6,8,10,14H,5,7,9H2,1-2H3. The molecule has 76 valence electrons. The largest absolute Gasteiger partial charge is 0.385 e. The summed E-state index contributed by atoms with van der Waals surface area (Å²) in [7, 11) is 0. The van der Waals surface area contributed by atoms with Crippen LogP contribution in [-0.4, -0.2) is 5.11 Å². The lowest BCUT2D eigenvalue weighted by Gasteiger charge is -2.37. The molecule has 1 aromatic rings. The minimum absolute atomic E-state index is 0.295. The summed E-state index contributed by atoms with van der Waals surface area (Å²) >= 11 is 0. The van der Waals surface area contributed by atoms with Crippen LogP contribution in [0.2, 0.25) is 0 Å². The second-order valence-corrected chi connectivity index (χ2v) is 4.59. The Bertz CT molecular complexity index is 330. The summed E-state index contributed by atoms with van der Waals surface area (Å²) in [6, 6.07) is 8.30. The van der Waals surface area contributed by atoms with Crippen LogP contribution in [0, 0.1) is 5.92 Å². The molecule has 1 atom stereocenters. The first-order valence-corrected chi connectivity index (χ1v) is 5.45. The Hall–Kier alpha value is -0.820. The summed E-state index contributed by atoms with van der Waals surface area (Å²) < 4.78 is 0. The molecule has 0 saturated carbocycles. The van der Waals surface area contributed by atoms with E-state index in [0.717, 1.165) is 24.8 Å². The minimum atomic E-state index is -0.588. The SMILES string of the molecule is CC(C)C1(O)CCCc2ccccc21. The smallest absolute Gasteiger partial charge is 0.0922 e. The average molecular weight is 190 g/mol. The van der Waals surface area contributed by atoms with Gasteiger partial charge in [0, 0.05) is 0 Å². The summed E-state index contributed by atoms with van der Waals surface area (Å²) in [4.78, 5) is 0. The van der Waals surface area contributed by atoms with Crippen LogP contribution in [0.25, 0.3) is 0 Å². The highest BCUT2D eigenvalue weighted by Crippen LogP contribution is 2.40. The fourth-order valence-corrected chi connectivity index (χ4v) is 2.44. The van der Waals surface area contributed by atoms with Crippen molar-refractivity contribution in [3.63, 3.8) is 0 Å². The van der Waals surface area contributed by atoms with Crippen molar-refractivity contribution in [3.8, 4) is 0 Å². The van der Waals surface area contributed by atoms with E-state index in [2.05, 4.69) is 32.0 Å². The van der Waals surface area contributed by atoms with Gasteiger partial charge in [-0.2, -0.15) is 0 Å². The lowest BCUT2D eigenvalue weighted by atomic mass is 9.73. The fourth-order valence-electron chi connectivity index (χ4n) is 2.44. The number of hydrogen-bond donors (Lipinski definition) is 1. The van der Waals surface area contributed by atoms with Crippen LogP contribution in [0.4, 0.5) is 0 Å². The summed E-state index contributed by atoms with van der Waals surface area (Å²) in [5, 5.41) is 10.6. The van der Waals surface area contributed by atoms with Crippen molar-refractivity contribution in [2.75, 3.05) is 0 Å². The van der Waals surface area contributed by atoms with Gasteiger partial charge in [0.25, 0.3) is 0 Å². The van der Waals surface area contributed by atoms with E-state index in [1.807, 2.05) is 6.07 Å². The number of aryl methyl sites for hydroxylation is 1. The van der Waals surface area contributed by atoms with Crippen molar-refractivity contribution in [1.29, 1.82) is 0 Å². The van der Waals surface area contributed by atoms with Gasteiger partial charge in [0.15, 0.2) is 0 Å². The Labute approximate surface area is 85.8 Å². The molecule has 1 aliphatic rings. The van der Waals surface area contributed by atoms with Crippen molar-refractivity contribution < 1.29 is 5.11 Å². The maximum Gasteiger partial charge on any atom is 0.0922 e. The molecule has 1 heteroatoms. The molecule has 1 unspecified atom stereocenters. The van der Waals surface area contributed by atoms with Gasteiger partial charge in [-0.15, -0.1) is 0 Å². The van der Waals surface area contributed by atoms with Gasteiger partial charge in [-0.25, -0.2) is 0 Å². The first-order chi connectivity index (χ1) is 6.64. The monoisotopic (exact) mass is 190 g/mol. The van der Waals surface area contributed by atoms with Gasteiger partial charge in [0.05, 0.1) is 5.60 Å². The Kier molecular flexibility index (Phi) is 2.36. The highest BCUT2D eigenvalue weighted by molar-refractivity contribution is 5.35. The van der Waals surface area contributed by atoms with Crippen molar-refractivity contribution >= 4 is 0 Å². The molecule has 0 heterocycles. The number of hydrogen-bond acceptors (Lipinski definition) is 1. The highest BCUT2D eigenvalue weighted by atomic mass is 16.3. The number of benzene rings is 1. The van der Waals surface area contributed by atoms with Crippen molar-refractivity contribution in [1.82, 2.24) is 0 Å². The summed E-state index contributed by atoms with van der Waals surface area (Å²) in [6.07, 6.45) is 3.12. The van der Waals surface area contributed by atoms with E-state index in [1.165, 1.54) is 5.56 Å². The van der Waals surface area contributed by atoms with Crippen LogP contribution >= 0.6 is 0 Å². The summed E-state index contributed by atoms with van der Waals surface area (Å²) in [5.41, 5.74) is 1.89. The second kappa shape index (κ2) is 3.39. The molecular formula is C13H18O. The predicted octanol–water partition coefficient (Wildman–Crippen LogP) is 2.87. The molecule has 1 N–H and O–H groups in total. The Balaban J connectivity index is 2.50. The molecule has 0 fully saturated rings. The molecule has 0 radical (unpaired) electrons. The second-order valence-electron chi connectivity index (χ2n) is 4.59. The zero-order valence-corrected chi connectivity index (χ0v) is 8.96. The Morgan fingerprint density at radius 1 is 1.29 bits per heavy atom. The van der Waals surface area contributed by atoms with Crippen LogP contribution in [-0.2, 0) is 12.0 Å². The molecule has 0 aromatic heterocycles. The van der Waals surface area contributed by atoms with Gasteiger partial charge >= 0.3 is 0 Å². The van der Waals surface area contributed by atoms with E-state index < -0.39 is 5.60 Å². The normalized spacial score (nSPS) is 26.3. The van der Waals surface area contributed by atoms with Gasteiger partial charge in [-0.3, -0.25) is 0 Å². The van der Waals surface area contributed by atoms with Gasteiger partial charge in [-0.05, 0) is 36.3 Å². The first kappa shape index (κ1) is 9.72. The third kappa shape index (κ3) is 1.36. The van der Waals surface area contributed by atoms with Crippen LogP contribution in [0.5, 0.6) is 0 Å². The highest BCUT2D eigenvalue weighted by Gasteiger charge is 2.36. The molecule has 0 saturated heterocycles. The molecule has 0 spiro atoms. The summed E-state index contributed by atoms with van der Waals surface area (Å²) in [5.74, 6) is 0.295. The van der Waals surface area contributed by atoms with Crippen LogP contribution in [0.1, 0.15) is 37.8 Å². The van der Waals surface area contributed by atoms with E-state index in [0.29, 0.717) is 5.92 Å². The maximum atomic E-state index is 10.6. The lowest BCUT2D eigenvalue weighted by molar-refractivity contribution is -0.0260. The van der Waals surface area contributed by atoms with Crippen molar-refractivity contribution in [2.45, 2.75) is 38.7 Å². The van der Waals surface area contributed by atoms with Gasteiger partial charge in [0.1, 0.15) is 0 Å². The van der Waals surface area contributed by atoms with E-state index >= 15 is 0 Å². The van der Waals surface area contributed by atoms with Gasteiger partial charge in [-0.1, -0.05) is 38.1 Å². The van der Waals surface area contributed by atoms with Gasteiger partial charge < -0.3 is 5.11 Å². The summed E-state index contributed by atoms with van der Waals surface area (Å²) in [6.45, 7) is 4.20. The molecule has 14 heavy (non-hydrogen) atoms. The number of rotatable bonds is 1. The minimum Gasteiger partial charge on any atom is -0.385 e. The van der Waals surface area contributed by atoms with Crippen LogP contribution in [0.15, 0.2) is 24.3 Å². The Morgan fingerprint density at radius 2 is 2.00 bits per heavy atom. The molecule has 1 aromatic carbocycles. The van der Waals surface area contributed by atoms with Crippen LogP contribution < -0.4 is 0 Å². The zero-order chi connectivity index (χ0) is 10.2. The van der Waals surface area contributed by atoms with E-state index in [-0.39, 0.29) is 0 Å². The quantitative estimate of drug-likeness (QED) is 0.722. The topological polar surface area (TPSA) is 20.2 Å². The first-order valence-electron chi connectivity index (χ1n) is 5.45. The van der Waals surface area contributed by atoms with Crippen molar-refractivity contribution in [2.24, 2.45) is 5.92 Å². The zero-order valence-electron chi connectivity index (χ0n) is 8.96. The molecule has 1 aliphatic carbocycles. The van der Waals surface area contributed by atoms with E-state index in [1.54, 1.807) is 0 Å². The molecule has 2 rings (SSSR count). The van der Waals surface area contributed by atoms with E-state index in [4.69, 9.17) is 0 Å².